The van der Waals surface area contributed by atoms with Crippen molar-refractivity contribution in [2.45, 2.75) is 12.8 Å². The van der Waals surface area contributed by atoms with E-state index >= 15 is 0 Å². The van der Waals surface area contributed by atoms with Crippen molar-refractivity contribution in [2.75, 3.05) is 26.8 Å². The number of carbonyl (C=O) groups is 4. The molecular weight excluding hydrogens is 258 g/mol. The van der Waals surface area contributed by atoms with Crippen molar-refractivity contribution < 1.29 is 29.0 Å². The van der Waals surface area contributed by atoms with Gasteiger partial charge in [0.15, 0.2) is 0 Å². The van der Waals surface area contributed by atoms with E-state index in [-0.39, 0.29) is 19.4 Å². The number of carboxylic acids is 1. The van der Waals surface area contributed by atoms with Gasteiger partial charge in [-0.2, -0.15) is 0 Å². The molecule has 9 nitrogen and oxygen atoms in total. The fourth-order valence-corrected chi connectivity index (χ4v) is 0.969. The van der Waals surface area contributed by atoms with Gasteiger partial charge in [0.1, 0.15) is 0 Å². The summed E-state index contributed by atoms with van der Waals surface area (Å²) in [6.45, 7) is 0.379. The monoisotopic (exact) mass is 275 g/mol. The van der Waals surface area contributed by atoms with Crippen LogP contribution in [0.3, 0.4) is 0 Å². The fraction of sp³-hybridized carbons (Fsp3) is 0.600. The number of rotatable bonds is 8. The number of imide groups is 1. The van der Waals surface area contributed by atoms with E-state index in [4.69, 9.17) is 9.84 Å². The van der Waals surface area contributed by atoms with Crippen LogP contribution < -0.4 is 16.0 Å². The first kappa shape index (κ1) is 16.8. The van der Waals surface area contributed by atoms with Gasteiger partial charge in [0.05, 0.1) is 19.6 Å². The smallest absolute Gasteiger partial charge is 0.321 e. The number of hydrogen-bond acceptors (Lipinski definition) is 5. The van der Waals surface area contributed by atoms with Crippen molar-refractivity contribution >= 4 is 23.8 Å². The first-order valence-electron chi connectivity index (χ1n) is 5.50. The Kier molecular flexibility index (Phi) is 8.71. The molecule has 0 aliphatic heterocycles. The molecule has 0 rings (SSSR count). The lowest BCUT2D eigenvalue weighted by atomic mass is 10.3. The summed E-state index contributed by atoms with van der Waals surface area (Å²) < 4.78 is 4.71. The van der Waals surface area contributed by atoms with Gasteiger partial charge in [0.25, 0.3) is 0 Å². The molecule has 0 heterocycles. The lowest BCUT2D eigenvalue weighted by Gasteiger charge is -2.07. The topological polar surface area (TPSA) is 134 Å². The lowest BCUT2D eigenvalue weighted by Crippen LogP contribution is -2.44. The third-order valence-corrected chi connectivity index (χ3v) is 1.86. The van der Waals surface area contributed by atoms with Crippen molar-refractivity contribution in [3.63, 3.8) is 0 Å². The highest BCUT2D eigenvalue weighted by atomic mass is 16.5. The van der Waals surface area contributed by atoms with Gasteiger partial charge in [-0.1, -0.05) is 0 Å². The molecule has 9 heteroatoms. The van der Waals surface area contributed by atoms with Gasteiger partial charge in [0, 0.05) is 20.1 Å². The highest BCUT2D eigenvalue weighted by molar-refractivity contribution is 5.96. The molecule has 0 aliphatic carbocycles. The van der Waals surface area contributed by atoms with E-state index in [2.05, 4.69) is 10.6 Å². The Morgan fingerprint density at radius 3 is 2.32 bits per heavy atom. The van der Waals surface area contributed by atoms with E-state index in [1.54, 1.807) is 0 Å². The van der Waals surface area contributed by atoms with Gasteiger partial charge >= 0.3 is 12.0 Å². The Bertz CT molecular complexity index is 344. The number of carbonyl (C=O) groups excluding carboxylic acids is 3. The quantitative estimate of drug-likeness (QED) is 0.396. The molecule has 0 atom stereocenters. The predicted molar refractivity (Wildman–Crippen MR) is 63.3 cm³/mol. The number of amides is 4. The molecule has 19 heavy (non-hydrogen) atoms. The molecule has 4 amide bonds. The second-order valence-electron chi connectivity index (χ2n) is 3.47. The molecule has 0 radical (unpaired) electrons. The first-order chi connectivity index (χ1) is 8.95. The summed E-state index contributed by atoms with van der Waals surface area (Å²) in [4.78, 5) is 43.5. The maximum absolute atomic E-state index is 11.2. The number of urea groups is 1. The van der Waals surface area contributed by atoms with E-state index in [0.717, 1.165) is 0 Å². The van der Waals surface area contributed by atoms with Gasteiger partial charge in [-0.05, 0) is 0 Å². The van der Waals surface area contributed by atoms with Crippen LogP contribution in [-0.4, -0.2) is 55.7 Å². The SMILES string of the molecule is COCCNC(=O)CNC(=O)NC(=O)CCC(=O)O. The average molecular weight is 275 g/mol. The molecule has 0 saturated heterocycles. The number of carboxylic acid groups (broad SMARTS) is 1. The van der Waals surface area contributed by atoms with Gasteiger partial charge in [-0.25, -0.2) is 4.79 Å². The maximum Gasteiger partial charge on any atom is 0.321 e. The Balaban J connectivity index is 3.71. The van der Waals surface area contributed by atoms with Crippen LogP contribution >= 0.6 is 0 Å². The molecule has 0 saturated carbocycles. The third-order valence-electron chi connectivity index (χ3n) is 1.86. The second kappa shape index (κ2) is 9.83. The van der Waals surface area contributed by atoms with Crippen LogP contribution in [0.1, 0.15) is 12.8 Å². The summed E-state index contributed by atoms with van der Waals surface area (Å²) in [5.41, 5.74) is 0. The second-order valence-corrected chi connectivity index (χ2v) is 3.47. The molecule has 0 aliphatic rings. The van der Waals surface area contributed by atoms with Crippen molar-refractivity contribution in [3.8, 4) is 0 Å². The number of nitrogens with one attached hydrogen (secondary N) is 3. The molecule has 0 unspecified atom stereocenters. The average Bonchev–Trinajstić information content (AvgIpc) is 2.34. The van der Waals surface area contributed by atoms with Crippen LogP contribution in [0.25, 0.3) is 0 Å². The van der Waals surface area contributed by atoms with Crippen LogP contribution in [0.15, 0.2) is 0 Å². The zero-order valence-corrected chi connectivity index (χ0v) is 10.5. The Morgan fingerprint density at radius 2 is 1.74 bits per heavy atom. The normalized spacial score (nSPS) is 9.53. The number of hydrogen-bond donors (Lipinski definition) is 4. The molecule has 108 valence electrons. The van der Waals surface area contributed by atoms with Crippen LogP contribution in [0.2, 0.25) is 0 Å². The minimum atomic E-state index is -1.13. The van der Waals surface area contributed by atoms with E-state index in [1.165, 1.54) is 7.11 Å². The number of methoxy groups -OCH3 is 1. The van der Waals surface area contributed by atoms with E-state index in [1.807, 2.05) is 5.32 Å². The van der Waals surface area contributed by atoms with Crippen molar-refractivity contribution in [3.05, 3.63) is 0 Å². The standard InChI is InChI=1S/C10H17N3O6/c1-19-5-4-11-8(15)6-12-10(18)13-7(14)2-3-9(16)17/h2-6H2,1H3,(H,11,15)(H,16,17)(H2,12,13,14,18). The van der Waals surface area contributed by atoms with E-state index < -0.39 is 23.8 Å². The maximum atomic E-state index is 11.2. The molecule has 0 spiro atoms. The summed E-state index contributed by atoms with van der Waals surface area (Å²) in [5, 5.41) is 14.9. The summed E-state index contributed by atoms with van der Waals surface area (Å²) in [6, 6.07) is -0.850. The Labute approximate surface area is 109 Å². The molecule has 4 N–H and O–H groups in total. The third kappa shape index (κ3) is 10.7. The van der Waals surface area contributed by atoms with Gasteiger partial charge < -0.3 is 20.5 Å². The Hall–Kier alpha value is -2.16. The van der Waals surface area contributed by atoms with Crippen LogP contribution in [0, 0.1) is 0 Å². The summed E-state index contributed by atoms with van der Waals surface area (Å²) in [6.07, 6.45) is -0.667. The van der Waals surface area contributed by atoms with Gasteiger partial charge in [-0.3, -0.25) is 19.7 Å². The number of aliphatic carboxylic acids is 1. The summed E-state index contributed by atoms with van der Waals surface area (Å²) in [5.74, 6) is -2.28. The van der Waals surface area contributed by atoms with E-state index in [0.29, 0.717) is 13.2 Å². The zero-order valence-electron chi connectivity index (χ0n) is 10.5. The summed E-state index contributed by atoms with van der Waals surface area (Å²) in [7, 11) is 1.49. The molecule has 0 fully saturated rings. The van der Waals surface area contributed by atoms with Crippen molar-refractivity contribution in [2.24, 2.45) is 0 Å². The van der Waals surface area contributed by atoms with Crippen molar-refractivity contribution in [1.29, 1.82) is 0 Å². The molecule has 0 bridgehead atoms. The zero-order chi connectivity index (χ0) is 14.7. The van der Waals surface area contributed by atoms with E-state index in [9.17, 15) is 19.2 Å². The first-order valence-corrected chi connectivity index (χ1v) is 5.50. The van der Waals surface area contributed by atoms with Crippen LogP contribution in [0.4, 0.5) is 4.79 Å². The fourth-order valence-electron chi connectivity index (χ4n) is 0.969. The van der Waals surface area contributed by atoms with Crippen LogP contribution in [0.5, 0.6) is 0 Å². The highest BCUT2D eigenvalue weighted by Gasteiger charge is 2.10. The molecular formula is C10H17N3O6. The minimum Gasteiger partial charge on any atom is -0.481 e. The predicted octanol–water partition coefficient (Wildman–Crippen LogP) is -1.56. The van der Waals surface area contributed by atoms with Gasteiger partial charge in [-0.15, -0.1) is 0 Å². The molecule has 0 aromatic heterocycles. The van der Waals surface area contributed by atoms with Crippen molar-refractivity contribution in [1.82, 2.24) is 16.0 Å². The van der Waals surface area contributed by atoms with Gasteiger partial charge in [0.2, 0.25) is 11.8 Å². The molecule has 0 aromatic carbocycles. The molecule has 0 aromatic rings. The largest absolute Gasteiger partial charge is 0.481 e. The number of ether oxygens (including phenoxy) is 1. The van der Waals surface area contributed by atoms with Crippen LogP contribution in [-0.2, 0) is 19.1 Å². The lowest BCUT2D eigenvalue weighted by molar-refractivity contribution is -0.138. The Morgan fingerprint density at radius 1 is 1.05 bits per heavy atom. The summed E-state index contributed by atoms with van der Waals surface area (Å²) >= 11 is 0. The minimum absolute atomic E-state index is 0.290. The highest BCUT2D eigenvalue weighted by Crippen LogP contribution is 1.87.